The van der Waals surface area contributed by atoms with E-state index in [9.17, 15) is 14.5 Å². The van der Waals surface area contributed by atoms with Crippen LogP contribution in [0.25, 0.3) is 20.5 Å². The molecule has 0 unspecified atom stereocenters. The molecule has 140 valence electrons. The highest BCUT2D eigenvalue weighted by Gasteiger charge is 2.15. The third kappa shape index (κ3) is 3.37. The van der Waals surface area contributed by atoms with E-state index < -0.39 is 10.7 Å². The van der Waals surface area contributed by atoms with Crippen molar-refractivity contribution in [1.82, 2.24) is 4.98 Å². The highest BCUT2D eigenvalue weighted by atomic mass is 32.1. The number of fused-ring (bicyclic) bond motifs is 1. The van der Waals surface area contributed by atoms with Gasteiger partial charge in [-0.3, -0.25) is 10.1 Å². The Kier molecular flexibility index (Phi) is 4.62. The first kappa shape index (κ1) is 17.9. The molecule has 0 radical (unpaired) electrons. The topological polar surface area (TPSA) is 74.5 Å². The monoisotopic (exact) mass is 396 g/mol. The quantitative estimate of drug-likeness (QED) is 0.314. The molecule has 2 heterocycles. The maximum Gasteiger partial charge on any atom is 0.272 e. The van der Waals surface area contributed by atoms with E-state index in [1.165, 1.54) is 23.5 Å². The van der Waals surface area contributed by atoms with E-state index in [2.05, 4.69) is 4.98 Å². The van der Waals surface area contributed by atoms with Gasteiger partial charge in [0, 0.05) is 28.8 Å². The highest BCUT2D eigenvalue weighted by molar-refractivity contribution is 7.22. The van der Waals surface area contributed by atoms with Crippen molar-refractivity contribution in [3.05, 3.63) is 76.7 Å². The Hall–Kier alpha value is -3.52. The third-order valence-corrected chi connectivity index (χ3v) is 5.30. The van der Waals surface area contributed by atoms with Gasteiger partial charge in [0.15, 0.2) is 11.6 Å². The lowest BCUT2D eigenvalue weighted by Gasteiger charge is -2.07. The molecule has 2 aromatic heterocycles. The summed E-state index contributed by atoms with van der Waals surface area (Å²) >= 11 is 1.49. The number of pyridine rings is 1. The molecule has 28 heavy (non-hydrogen) atoms. The van der Waals surface area contributed by atoms with Crippen molar-refractivity contribution >= 4 is 27.1 Å². The first-order valence-corrected chi connectivity index (χ1v) is 9.01. The summed E-state index contributed by atoms with van der Waals surface area (Å²) < 4.78 is 25.8. The van der Waals surface area contributed by atoms with E-state index in [0.717, 1.165) is 26.6 Å². The molecule has 0 amide bonds. The van der Waals surface area contributed by atoms with Crippen molar-refractivity contribution < 1.29 is 18.8 Å². The van der Waals surface area contributed by atoms with Crippen molar-refractivity contribution in [3.8, 4) is 27.8 Å². The van der Waals surface area contributed by atoms with Crippen LogP contribution in [-0.4, -0.2) is 17.0 Å². The fourth-order valence-corrected chi connectivity index (χ4v) is 3.81. The fourth-order valence-electron chi connectivity index (χ4n) is 2.71. The van der Waals surface area contributed by atoms with E-state index in [0.29, 0.717) is 11.6 Å². The Balaban J connectivity index is 1.70. The van der Waals surface area contributed by atoms with Gasteiger partial charge in [-0.25, -0.2) is 9.37 Å². The number of hydrogen-bond donors (Lipinski definition) is 0. The van der Waals surface area contributed by atoms with Gasteiger partial charge in [-0.15, -0.1) is 11.3 Å². The zero-order valence-electron chi connectivity index (χ0n) is 14.6. The molecule has 0 saturated heterocycles. The van der Waals surface area contributed by atoms with Gasteiger partial charge in [0.05, 0.1) is 22.8 Å². The van der Waals surface area contributed by atoms with Crippen LogP contribution in [0.5, 0.6) is 17.4 Å². The lowest BCUT2D eigenvalue weighted by molar-refractivity contribution is -0.385. The number of rotatable bonds is 5. The summed E-state index contributed by atoms with van der Waals surface area (Å²) in [5.74, 6) is 0.145. The minimum absolute atomic E-state index is 0.0702. The number of nitro benzene ring substituents is 1. The first-order chi connectivity index (χ1) is 13.5. The summed E-state index contributed by atoms with van der Waals surface area (Å²) in [5.41, 5.74) is 0.600. The summed E-state index contributed by atoms with van der Waals surface area (Å²) in [6.45, 7) is 0. The van der Waals surface area contributed by atoms with E-state index in [-0.39, 0.29) is 11.4 Å². The molecule has 6 nitrogen and oxygen atoms in total. The smallest absolute Gasteiger partial charge is 0.272 e. The molecule has 0 aliphatic heterocycles. The van der Waals surface area contributed by atoms with Crippen molar-refractivity contribution in [1.29, 1.82) is 0 Å². The van der Waals surface area contributed by atoms with Gasteiger partial charge in [0.2, 0.25) is 5.88 Å². The molecule has 0 atom stereocenters. The number of nitro groups is 1. The third-order valence-electron chi connectivity index (χ3n) is 4.08. The summed E-state index contributed by atoms with van der Waals surface area (Å²) in [6, 6.07) is 14.5. The summed E-state index contributed by atoms with van der Waals surface area (Å²) in [7, 11) is 1.56. The van der Waals surface area contributed by atoms with Crippen LogP contribution in [0.3, 0.4) is 0 Å². The average Bonchev–Trinajstić information content (AvgIpc) is 3.14. The standard InChI is InChI=1S/C20H13FN2O4S/c1-26-19-8-5-13(11-22-19)18-9-12-3-2-4-17(20(12)28-18)27-16-7-6-14(23(24)25)10-15(16)21/h2-11H,1H3. The van der Waals surface area contributed by atoms with Gasteiger partial charge in [0.25, 0.3) is 5.69 Å². The van der Waals surface area contributed by atoms with E-state index >= 15 is 0 Å². The summed E-state index contributed by atoms with van der Waals surface area (Å²) in [5, 5.41) is 11.7. The van der Waals surface area contributed by atoms with Gasteiger partial charge < -0.3 is 9.47 Å². The van der Waals surface area contributed by atoms with Crippen LogP contribution in [0.1, 0.15) is 0 Å². The van der Waals surface area contributed by atoms with Crippen LogP contribution in [0.4, 0.5) is 10.1 Å². The second-order valence-corrected chi connectivity index (χ2v) is 6.90. The Morgan fingerprint density at radius 1 is 1.11 bits per heavy atom. The van der Waals surface area contributed by atoms with Crippen LogP contribution >= 0.6 is 11.3 Å². The molecule has 0 bridgehead atoms. The van der Waals surface area contributed by atoms with Crippen LogP contribution < -0.4 is 9.47 Å². The van der Waals surface area contributed by atoms with Gasteiger partial charge >= 0.3 is 0 Å². The number of halogens is 1. The van der Waals surface area contributed by atoms with Crippen LogP contribution in [0.15, 0.2) is 60.8 Å². The molecule has 2 aromatic carbocycles. The number of thiophene rings is 1. The fraction of sp³-hybridized carbons (Fsp3) is 0.0500. The number of methoxy groups -OCH3 is 1. The minimum Gasteiger partial charge on any atom is -0.481 e. The van der Waals surface area contributed by atoms with Crippen LogP contribution in [0, 0.1) is 15.9 Å². The van der Waals surface area contributed by atoms with E-state index in [1.54, 1.807) is 25.4 Å². The molecule has 0 N–H and O–H groups in total. The second kappa shape index (κ2) is 7.24. The van der Waals surface area contributed by atoms with Crippen molar-refractivity contribution in [3.63, 3.8) is 0 Å². The Labute approximate surface area is 162 Å². The lowest BCUT2D eigenvalue weighted by Crippen LogP contribution is -1.92. The molecule has 0 aliphatic carbocycles. The average molecular weight is 396 g/mol. The molecule has 0 spiro atoms. The highest BCUT2D eigenvalue weighted by Crippen LogP contribution is 2.40. The molecule has 4 aromatic rings. The Morgan fingerprint density at radius 3 is 2.64 bits per heavy atom. The van der Waals surface area contributed by atoms with Crippen molar-refractivity contribution in [2.75, 3.05) is 7.11 Å². The number of non-ortho nitro benzene ring substituents is 1. The maximum atomic E-state index is 14.2. The maximum absolute atomic E-state index is 14.2. The molecule has 4 rings (SSSR count). The zero-order chi connectivity index (χ0) is 19.7. The number of nitrogens with zero attached hydrogens (tertiary/aromatic N) is 2. The van der Waals surface area contributed by atoms with Crippen LogP contribution in [-0.2, 0) is 0 Å². The molecular formula is C20H13FN2O4S. The van der Waals surface area contributed by atoms with Gasteiger partial charge in [-0.2, -0.15) is 0 Å². The van der Waals surface area contributed by atoms with E-state index in [1.807, 2.05) is 24.3 Å². The normalized spacial score (nSPS) is 10.8. The lowest BCUT2D eigenvalue weighted by atomic mass is 10.2. The zero-order valence-corrected chi connectivity index (χ0v) is 15.4. The van der Waals surface area contributed by atoms with Gasteiger partial charge in [-0.1, -0.05) is 12.1 Å². The molecule has 8 heteroatoms. The van der Waals surface area contributed by atoms with E-state index in [4.69, 9.17) is 9.47 Å². The predicted molar refractivity (Wildman–Crippen MR) is 105 cm³/mol. The van der Waals surface area contributed by atoms with Crippen LogP contribution in [0.2, 0.25) is 0 Å². The molecule has 0 aliphatic rings. The second-order valence-electron chi connectivity index (χ2n) is 5.85. The number of hydrogen-bond acceptors (Lipinski definition) is 6. The summed E-state index contributed by atoms with van der Waals surface area (Å²) in [6.07, 6.45) is 1.72. The Morgan fingerprint density at radius 2 is 1.96 bits per heavy atom. The SMILES string of the molecule is COc1ccc(-c2cc3cccc(Oc4ccc([N+](=O)[O-])cc4F)c3s2)cn1. The number of ether oxygens (including phenoxy) is 2. The Bertz CT molecular complexity index is 1170. The number of benzene rings is 2. The summed E-state index contributed by atoms with van der Waals surface area (Å²) in [4.78, 5) is 15.3. The van der Waals surface area contributed by atoms with Crippen molar-refractivity contribution in [2.24, 2.45) is 0 Å². The number of aromatic nitrogens is 1. The van der Waals surface area contributed by atoms with Gasteiger partial charge in [-0.05, 0) is 29.7 Å². The molecule has 0 saturated carbocycles. The van der Waals surface area contributed by atoms with Gasteiger partial charge in [0.1, 0.15) is 5.75 Å². The first-order valence-electron chi connectivity index (χ1n) is 8.20. The minimum atomic E-state index is -0.790. The van der Waals surface area contributed by atoms with Crippen molar-refractivity contribution in [2.45, 2.75) is 0 Å². The molecular weight excluding hydrogens is 383 g/mol. The predicted octanol–water partition coefficient (Wildman–Crippen LogP) is 5.81. The largest absolute Gasteiger partial charge is 0.481 e. The molecule has 0 fully saturated rings.